The monoisotopic (exact) mass is 472 g/mol. The Hall–Kier alpha value is -1.47. The first-order chi connectivity index (χ1) is 12.1. The number of anilines is 1. The Morgan fingerprint density at radius 3 is 2.67 bits per heavy atom. The molecular formula is C19H23BrCl2N4O. The number of benzene rings is 1. The zero-order valence-corrected chi connectivity index (χ0v) is 18.4. The SMILES string of the molecule is C[NH+](C)CCCN1C(=O)C[NH+]=C(c2ccccn2)c2cc(Br)ccc21.[Cl-].[Cl-]. The highest BCUT2D eigenvalue weighted by molar-refractivity contribution is 9.10. The second-order valence-corrected chi connectivity index (χ2v) is 7.38. The third-order valence-corrected chi connectivity index (χ3v) is 4.71. The number of fused-ring (bicyclic) bond motifs is 1. The molecule has 0 radical (unpaired) electrons. The summed E-state index contributed by atoms with van der Waals surface area (Å²) >= 11 is 3.55. The van der Waals surface area contributed by atoms with E-state index in [-0.39, 0.29) is 37.3 Å². The number of amides is 1. The second-order valence-electron chi connectivity index (χ2n) is 6.46. The maximum atomic E-state index is 12.7. The van der Waals surface area contributed by atoms with Crippen LogP contribution in [0.15, 0.2) is 47.1 Å². The number of pyridine rings is 1. The fourth-order valence-electron chi connectivity index (χ4n) is 3.01. The lowest BCUT2D eigenvalue weighted by Crippen LogP contribution is -3.05. The molecule has 1 aliphatic heterocycles. The van der Waals surface area contributed by atoms with Crippen molar-refractivity contribution in [1.82, 2.24) is 4.98 Å². The molecule has 1 aromatic carbocycles. The Balaban J connectivity index is 0.00000182. The lowest BCUT2D eigenvalue weighted by atomic mass is 10.0. The Morgan fingerprint density at radius 1 is 1.22 bits per heavy atom. The summed E-state index contributed by atoms with van der Waals surface area (Å²) in [7, 11) is 4.26. The van der Waals surface area contributed by atoms with Gasteiger partial charge in [-0.1, -0.05) is 22.0 Å². The van der Waals surface area contributed by atoms with Crippen molar-refractivity contribution in [3.8, 4) is 0 Å². The van der Waals surface area contributed by atoms with Gasteiger partial charge in [-0.2, -0.15) is 0 Å². The van der Waals surface area contributed by atoms with Crippen LogP contribution in [0.2, 0.25) is 0 Å². The van der Waals surface area contributed by atoms with Crippen LogP contribution in [-0.4, -0.2) is 50.3 Å². The fourth-order valence-corrected chi connectivity index (χ4v) is 3.37. The number of quaternary nitrogens is 1. The van der Waals surface area contributed by atoms with E-state index in [1.54, 1.807) is 6.20 Å². The van der Waals surface area contributed by atoms with Gasteiger partial charge in [0, 0.05) is 23.6 Å². The summed E-state index contributed by atoms with van der Waals surface area (Å²) in [6.07, 6.45) is 2.73. The maximum Gasteiger partial charge on any atom is 0.292 e. The first-order valence-corrected chi connectivity index (χ1v) is 9.27. The van der Waals surface area contributed by atoms with Crippen molar-refractivity contribution >= 4 is 33.2 Å². The molecule has 0 saturated carbocycles. The van der Waals surface area contributed by atoms with Crippen LogP contribution < -0.4 is 39.6 Å². The highest BCUT2D eigenvalue weighted by Crippen LogP contribution is 2.27. The van der Waals surface area contributed by atoms with Crippen LogP contribution in [0.3, 0.4) is 0 Å². The van der Waals surface area contributed by atoms with Gasteiger partial charge in [0.15, 0.2) is 0 Å². The average molecular weight is 474 g/mol. The third kappa shape index (κ3) is 5.75. The molecule has 0 bridgehead atoms. The number of rotatable bonds is 5. The Bertz CT molecular complexity index is 800. The summed E-state index contributed by atoms with van der Waals surface area (Å²) in [4.78, 5) is 23.8. The van der Waals surface area contributed by atoms with Crippen molar-refractivity contribution in [2.45, 2.75) is 6.42 Å². The Labute approximate surface area is 180 Å². The molecule has 146 valence electrons. The molecule has 0 atom stereocenters. The molecule has 0 spiro atoms. The molecule has 2 aromatic rings. The molecule has 1 amide bonds. The number of carbonyl (C=O) groups excluding carboxylic acids is 1. The normalized spacial score (nSPS) is 13.3. The number of halogens is 3. The van der Waals surface area contributed by atoms with Gasteiger partial charge < -0.3 is 34.6 Å². The van der Waals surface area contributed by atoms with Crippen LogP contribution >= 0.6 is 15.9 Å². The molecule has 0 fully saturated rings. The number of carbonyl (C=O) groups is 1. The van der Waals surface area contributed by atoms with Gasteiger partial charge in [0.1, 0.15) is 5.69 Å². The van der Waals surface area contributed by atoms with E-state index in [4.69, 9.17) is 0 Å². The topological polar surface area (TPSA) is 51.6 Å². The highest BCUT2D eigenvalue weighted by Gasteiger charge is 2.29. The van der Waals surface area contributed by atoms with Gasteiger partial charge in [-0.15, -0.1) is 0 Å². The van der Waals surface area contributed by atoms with E-state index in [1.807, 2.05) is 35.2 Å². The van der Waals surface area contributed by atoms with Crippen LogP contribution in [0.1, 0.15) is 17.7 Å². The summed E-state index contributed by atoms with van der Waals surface area (Å²) in [5, 5.41) is 0. The Morgan fingerprint density at radius 2 is 2.00 bits per heavy atom. The highest BCUT2D eigenvalue weighted by atomic mass is 79.9. The van der Waals surface area contributed by atoms with E-state index >= 15 is 0 Å². The van der Waals surface area contributed by atoms with Crippen molar-refractivity contribution in [3.05, 3.63) is 58.3 Å². The molecule has 1 aromatic heterocycles. The average Bonchev–Trinajstić information content (AvgIpc) is 2.72. The molecule has 0 saturated heterocycles. The minimum Gasteiger partial charge on any atom is -1.00 e. The smallest absolute Gasteiger partial charge is 0.292 e. The van der Waals surface area contributed by atoms with E-state index in [1.165, 1.54) is 4.90 Å². The number of nitrogens with one attached hydrogen (secondary N) is 2. The van der Waals surface area contributed by atoms with E-state index in [2.05, 4.69) is 46.1 Å². The van der Waals surface area contributed by atoms with Crippen LogP contribution in [0.4, 0.5) is 5.69 Å². The molecule has 0 unspecified atom stereocenters. The van der Waals surface area contributed by atoms with Crippen molar-refractivity contribution in [1.29, 1.82) is 0 Å². The van der Waals surface area contributed by atoms with Crippen LogP contribution in [0.25, 0.3) is 0 Å². The zero-order valence-electron chi connectivity index (χ0n) is 15.3. The summed E-state index contributed by atoms with van der Waals surface area (Å²) < 4.78 is 0.980. The molecular weight excluding hydrogens is 451 g/mol. The second kappa shape index (κ2) is 10.8. The minimum atomic E-state index is 0. The molecule has 27 heavy (non-hydrogen) atoms. The summed E-state index contributed by atoms with van der Waals surface area (Å²) in [6, 6.07) is 11.9. The summed E-state index contributed by atoms with van der Waals surface area (Å²) in [5.74, 6) is 0.0864. The van der Waals surface area contributed by atoms with Crippen LogP contribution in [0, 0.1) is 0 Å². The van der Waals surface area contributed by atoms with Gasteiger partial charge in [0.25, 0.3) is 5.91 Å². The molecule has 0 aliphatic carbocycles. The number of hydrogen-bond acceptors (Lipinski definition) is 2. The van der Waals surface area contributed by atoms with E-state index in [0.29, 0.717) is 0 Å². The molecule has 5 nitrogen and oxygen atoms in total. The largest absolute Gasteiger partial charge is 1.00 e. The lowest BCUT2D eigenvalue weighted by Gasteiger charge is -2.22. The summed E-state index contributed by atoms with van der Waals surface area (Å²) in [6.45, 7) is 2.02. The van der Waals surface area contributed by atoms with E-state index < -0.39 is 0 Å². The van der Waals surface area contributed by atoms with Crippen molar-refractivity contribution in [3.63, 3.8) is 0 Å². The maximum absolute atomic E-state index is 12.7. The lowest BCUT2D eigenvalue weighted by molar-refractivity contribution is -0.858. The third-order valence-electron chi connectivity index (χ3n) is 4.22. The first kappa shape index (κ1) is 23.6. The summed E-state index contributed by atoms with van der Waals surface area (Å²) in [5.41, 5.74) is 3.67. The van der Waals surface area contributed by atoms with Crippen LogP contribution in [0.5, 0.6) is 0 Å². The molecule has 1 aliphatic rings. The van der Waals surface area contributed by atoms with Gasteiger partial charge in [0.2, 0.25) is 12.3 Å². The number of hydrogen-bond donors (Lipinski definition) is 2. The van der Waals surface area contributed by atoms with E-state index in [0.717, 1.165) is 46.6 Å². The number of nitrogens with zero attached hydrogens (tertiary/aromatic N) is 2. The van der Waals surface area contributed by atoms with E-state index in [9.17, 15) is 4.79 Å². The molecule has 3 rings (SSSR count). The van der Waals surface area contributed by atoms with Crippen LogP contribution in [-0.2, 0) is 4.79 Å². The van der Waals surface area contributed by atoms with Gasteiger partial charge in [-0.3, -0.25) is 4.79 Å². The predicted molar refractivity (Wildman–Crippen MR) is 102 cm³/mol. The predicted octanol–water partition coefficient (Wildman–Crippen LogP) is -6.35. The standard InChI is InChI=1S/C19H21BrN4O.2ClH/c1-23(2)10-5-11-24-17-8-7-14(20)12-15(17)19(22-13-18(24)25)16-6-3-4-9-21-16;;/h3-4,6-9,12H,5,10-11,13H2,1-2H3;2*1H. The first-order valence-electron chi connectivity index (χ1n) is 8.48. The van der Waals surface area contributed by atoms with Crippen molar-refractivity contribution in [2.24, 2.45) is 0 Å². The Kier molecular flexibility index (Phi) is 9.39. The number of aromatic nitrogens is 1. The minimum absolute atomic E-state index is 0. The van der Waals surface area contributed by atoms with Crippen molar-refractivity contribution in [2.75, 3.05) is 38.6 Å². The van der Waals surface area contributed by atoms with Gasteiger partial charge in [-0.25, -0.2) is 9.98 Å². The fraction of sp³-hybridized carbons (Fsp3) is 0.316. The molecule has 8 heteroatoms. The van der Waals surface area contributed by atoms with Crippen molar-refractivity contribution < 1.29 is 39.5 Å². The molecule has 2 heterocycles. The zero-order chi connectivity index (χ0) is 17.8. The quantitative estimate of drug-likeness (QED) is 0.454. The van der Waals surface area contributed by atoms with Gasteiger partial charge >= 0.3 is 0 Å². The number of benzodiazepines with no additional fused rings is 1. The van der Waals surface area contributed by atoms with Gasteiger partial charge in [-0.05, 0) is 30.3 Å². The molecule has 2 N–H and O–H groups in total. The van der Waals surface area contributed by atoms with Gasteiger partial charge in [0.05, 0.1) is 31.9 Å².